The Morgan fingerprint density at radius 1 is 0.902 bits per heavy atom. The van der Waals surface area contributed by atoms with Crippen molar-refractivity contribution in [2.75, 3.05) is 17.1 Å². The molecule has 220 valence electrons. The summed E-state index contributed by atoms with van der Waals surface area (Å²) in [6.45, 7) is 4.17. The van der Waals surface area contributed by atoms with Crippen molar-refractivity contribution in [3.8, 4) is 0 Å². The second kappa shape index (κ2) is 15.2. The molecule has 0 spiro atoms. The molecule has 41 heavy (non-hydrogen) atoms. The second-order valence-corrected chi connectivity index (χ2v) is 12.9. The maximum absolute atomic E-state index is 13.9. The van der Waals surface area contributed by atoms with Crippen LogP contribution in [-0.2, 0) is 32.6 Å². The number of hydrogen-bond acceptors (Lipinski definition) is 4. The number of halogens is 2. The van der Waals surface area contributed by atoms with Crippen LogP contribution in [0.3, 0.4) is 0 Å². The fourth-order valence-electron chi connectivity index (χ4n) is 4.46. The summed E-state index contributed by atoms with van der Waals surface area (Å²) in [6.07, 6.45) is 2.48. The van der Waals surface area contributed by atoms with E-state index in [2.05, 4.69) is 5.32 Å². The number of benzene rings is 3. The first-order valence-corrected chi connectivity index (χ1v) is 16.2. The van der Waals surface area contributed by atoms with Gasteiger partial charge in [-0.2, -0.15) is 0 Å². The maximum Gasteiger partial charge on any atom is 0.243 e. The van der Waals surface area contributed by atoms with Gasteiger partial charge in [-0.15, -0.1) is 0 Å². The average molecular weight is 619 g/mol. The minimum Gasteiger partial charge on any atom is -0.352 e. The molecule has 0 radical (unpaired) electrons. The number of carbonyl (C=O) groups is 2. The molecular formula is C31H37Cl2N3O4S. The molecule has 2 atom stereocenters. The summed E-state index contributed by atoms with van der Waals surface area (Å²) in [4.78, 5) is 29.1. The maximum atomic E-state index is 13.9. The fourth-order valence-corrected chi connectivity index (χ4v) is 5.82. The molecule has 0 saturated heterocycles. The van der Waals surface area contributed by atoms with Gasteiger partial charge in [0.25, 0.3) is 0 Å². The first-order chi connectivity index (χ1) is 19.5. The van der Waals surface area contributed by atoms with E-state index < -0.39 is 16.1 Å². The van der Waals surface area contributed by atoms with Crippen LogP contribution in [0, 0.1) is 0 Å². The monoisotopic (exact) mass is 617 g/mol. The van der Waals surface area contributed by atoms with Crippen LogP contribution in [0.5, 0.6) is 0 Å². The summed E-state index contributed by atoms with van der Waals surface area (Å²) >= 11 is 12.3. The highest BCUT2D eigenvalue weighted by atomic mass is 35.5. The van der Waals surface area contributed by atoms with Crippen molar-refractivity contribution in [1.29, 1.82) is 0 Å². The van der Waals surface area contributed by atoms with Crippen LogP contribution in [0.2, 0.25) is 10.0 Å². The summed E-state index contributed by atoms with van der Waals surface area (Å²) in [5.74, 6) is -0.500. The molecule has 0 fully saturated rings. The van der Waals surface area contributed by atoms with Crippen LogP contribution < -0.4 is 9.62 Å². The lowest BCUT2D eigenvalue weighted by molar-refractivity contribution is -0.141. The molecule has 0 aromatic heterocycles. The Morgan fingerprint density at radius 2 is 1.54 bits per heavy atom. The Kier molecular flexibility index (Phi) is 12.1. The van der Waals surface area contributed by atoms with Gasteiger partial charge in [0.1, 0.15) is 6.04 Å². The van der Waals surface area contributed by atoms with Crippen molar-refractivity contribution in [3.05, 3.63) is 100 Å². The van der Waals surface area contributed by atoms with Gasteiger partial charge in [-0.3, -0.25) is 13.9 Å². The van der Waals surface area contributed by atoms with Gasteiger partial charge in [0.15, 0.2) is 0 Å². The van der Waals surface area contributed by atoms with Crippen LogP contribution in [0.4, 0.5) is 5.69 Å². The fraction of sp³-hybridized carbons (Fsp3) is 0.355. The lowest BCUT2D eigenvalue weighted by atomic mass is 10.0. The zero-order chi connectivity index (χ0) is 30.0. The van der Waals surface area contributed by atoms with Gasteiger partial charge >= 0.3 is 0 Å². The number of nitrogens with one attached hydrogen (secondary N) is 1. The van der Waals surface area contributed by atoms with Crippen molar-refractivity contribution in [2.45, 2.75) is 58.2 Å². The molecule has 0 aliphatic carbocycles. The number of anilines is 1. The highest BCUT2D eigenvalue weighted by Crippen LogP contribution is 2.23. The number of hydrogen-bond donors (Lipinski definition) is 1. The van der Waals surface area contributed by atoms with E-state index in [1.54, 1.807) is 47.4 Å². The first kappa shape index (κ1) is 32.4. The average Bonchev–Trinajstić information content (AvgIpc) is 2.92. The third-order valence-corrected chi connectivity index (χ3v) is 8.43. The molecule has 0 saturated carbocycles. The molecule has 7 nitrogen and oxygen atoms in total. The quantitative estimate of drug-likeness (QED) is 0.237. The molecule has 0 aliphatic rings. The van der Waals surface area contributed by atoms with Crippen molar-refractivity contribution < 1.29 is 18.0 Å². The predicted molar refractivity (Wildman–Crippen MR) is 167 cm³/mol. The number of carbonyl (C=O) groups excluding carboxylic acids is 2. The normalized spacial score (nSPS) is 12.8. The van der Waals surface area contributed by atoms with Crippen LogP contribution in [0.15, 0.2) is 78.9 Å². The van der Waals surface area contributed by atoms with E-state index in [1.165, 1.54) is 4.31 Å². The van der Waals surface area contributed by atoms with E-state index in [1.807, 2.05) is 50.2 Å². The molecule has 0 aliphatic heterocycles. The molecule has 2 amide bonds. The molecule has 10 heteroatoms. The van der Waals surface area contributed by atoms with Gasteiger partial charge in [-0.25, -0.2) is 8.42 Å². The number of nitrogens with zero attached hydrogens (tertiary/aromatic N) is 2. The van der Waals surface area contributed by atoms with Crippen LogP contribution in [0.1, 0.15) is 44.2 Å². The van der Waals surface area contributed by atoms with Crippen molar-refractivity contribution in [1.82, 2.24) is 10.2 Å². The number of sulfonamides is 1. The minimum absolute atomic E-state index is 0.0368. The van der Waals surface area contributed by atoms with E-state index in [9.17, 15) is 18.0 Å². The smallest absolute Gasteiger partial charge is 0.243 e. The van der Waals surface area contributed by atoms with Gasteiger partial charge in [0.2, 0.25) is 21.8 Å². The molecule has 3 aromatic rings. The Balaban J connectivity index is 1.89. The summed E-state index contributed by atoms with van der Waals surface area (Å²) in [7, 11) is -3.62. The zero-order valence-corrected chi connectivity index (χ0v) is 25.9. The highest BCUT2D eigenvalue weighted by molar-refractivity contribution is 7.92. The van der Waals surface area contributed by atoms with Gasteiger partial charge in [0.05, 0.1) is 11.9 Å². The molecule has 3 rings (SSSR count). The summed E-state index contributed by atoms with van der Waals surface area (Å²) in [5, 5.41) is 3.99. The van der Waals surface area contributed by atoms with Crippen LogP contribution in [-0.4, -0.2) is 50.0 Å². The van der Waals surface area contributed by atoms with Gasteiger partial charge < -0.3 is 10.2 Å². The Hall–Kier alpha value is -3.07. The van der Waals surface area contributed by atoms with E-state index in [0.29, 0.717) is 22.2 Å². The first-order valence-electron chi connectivity index (χ1n) is 13.6. The van der Waals surface area contributed by atoms with E-state index in [0.717, 1.165) is 23.8 Å². The molecule has 0 bridgehead atoms. The molecule has 3 aromatic carbocycles. The summed E-state index contributed by atoms with van der Waals surface area (Å²) in [5.41, 5.74) is 2.14. The largest absolute Gasteiger partial charge is 0.352 e. The topological polar surface area (TPSA) is 86.8 Å². The minimum atomic E-state index is -3.62. The number of amides is 2. The van der Waals surface area contributed by atoms with Gasteiger partial charge in [-0.05, 0) is 61.2 Å². The molecule has 1 N–H and O–H groups in total. The standard InChI is InChI=1S/C31H37Cl2N3O4S/c1-4-23(2)34-31(38)29(20-24-11-6-5-7-12-24)35(22-25-13-8-14-26(32)19-25)30(37)17-10-18-36(41(3,39)40)28-16-9-15-27(33)21-28/h5-9,11-16,19,21,23,29H,4,10,17-18,20,22H2,1-3H3,(H,34,38)/t23-,29+/m1/s1. The van der Waals surface area contributed by atoms with Crippen LogP contribution >= 0.6 is 23.2 Å². The van der Waals surface area contributed by atoms with E-state index >= 15 is 0 Å². The molecule has 0 heterocycles. The van der Waals surface area contributed by atoms with Crippen molar-refractivity contribution in [3.63, 3.8) is 0 Å². The van der Waals surface area contributed by atoms with E-state index in [-0.39, 0.29) is 43.8 Å². The Morgan fingerprint density at radius 3 is 2.15 bits per heavy atom. The predicted octanol–water partition coefficient (Wildman–Crippen LogP) is 6.09. The summed E-state index contributed by atoms with van der Waals surface area (Å²) in [6, 6.07) is 22.5. The summed E-state index contributed by atoms with van der Waals surface area (Å²) < 4.78 is 26.4. The Bertz CT molecular complexity index is 1420. The lowest BCUT2D eigenvalue weighted by Crippen LogP contribution is -2.52. The van der Waals surface area contributed by atoms with Crippen molar-refractivity contribution >= 4 is 50.7 Å². The van der Waals surface area contributed by atoms with Gasteiger partial charge in [-0.1, -0.05) is 78.7 Å². The number of rotatable bonds is 14. The van der Waals surface area contributed by atoms with E-state index in [4.69, 9.17) is 23.2 Å². The second-order valence-electron chi connectivity index (χ2n) is 10.1. The lowest BCUT2D eigenvalue weighted by Gasteiger charge is -2.32. The van der Waals surface area contributed by atoms with Crippen molar-refractivity contribution in [2.24, 2.45) is 0 Å². The Labute approximate surface area is 253 Å². The molecule has 0 unspecified atom stereocenters. The third kappa shape index (κ3) is 10.1. The highest BCUT2D eigenvalue weighted by Gasteiger charge is 2.31. The third-order valence-electron chi connectivity index (χ3n) is 6.76. The van der Waals surface area contributed by atoms with Gasteiger partial charge in [0, 0.05) is 42.0 Å². The SMILES string of the molecule is CC[C@@H](C)NC(=O)[C@H](Cc1ccccc1)N(Cc1cccc(Cl)c1)C(=O)CCCN(c1cccc(Cl)c1)S(C)(=O)=O. The zero-order valence-electron chi connectivity index (χ0n) is 23.6. The molecular weight excluding hydrogens is 581 g/mol. The van der Waals surface area contributed by atoms with Crippen LogP contribution in [0.25, 0.3) is 0 Å².